The van der Waals surface area contributed by atoms with Crippen molar-refractivity contribution in [3.05, 3.63) is 74.6 Å². The minimum absolute atomic E-state index is 0.0933. The van der Waals surface area contributed by atoms with E-state index in [2.05, 4.69) is 5.32 Å². The molecule has 0 bridgehead atoms. The SMILES string of the molecule is CS(=O)(=O)c1ccc(CCC(=O)NCC(O)(c2ccsc2)c2cccs2)cc1. The number of nitrogens with one attached hydrogen (secondary N) is 1. The molecule has 0 aliphatic heterocycles. The number of sulfone groups is 1. The molecular weight excluding hydrogens is 414 g/mol. The lowest BCUT2D eigenvalue weighted by molar-refractivity contribution is -0.122. The van der Waals surface area contributed by atoms with Crippen LogP contribution in [0.15, 0.2) is 63.5 Å². The van der Waals surface area contributed by atoms with Crippen molar-refractivity contribution in [3.8, 4) is 0 Å². The van der Waals surface area contributed by atoms with E-state index in [-0.39, 0.29) is 23.8 Å². The molecule has 0 saturated carbocycles. The van der Waals surface area contributed by atoms with E-state index in [0.717, 1.165) is 22.3 Å². The summed E-state index contributed by atoms with van der Waals surface area (Å²) in [4.78, 5) is 13.4. The number of hydrogen-bond donors (Lipinski definition) is 2. The van der Waals surface area contributed by atoms with Gasteiger partial charge in [-0.15, -0.1) is 11.3 Å². The van der Waals surface area contributed by atoms with Gasteiger partial charge in [-0.1, -0.05) is 18.2 Å². The van der Waals surface area contributed by atoms with Gasteiger partial charge in [0.15, 0.2) is 9.84 Å². The normalized spacial score (nSPS) is 13.8. The highest BCUT2D eigenvalue weighted by molar-refractivity contribution is 7.90. The van der Waals surface area contributed by atoms with Gasteiger partial charge in [-0.25, -0.2) is 8.42 Å². The first-order valence-corrected chi connectivity index (χ1v) is 12.4. The van der Waals surface area contributed by atoms with Gasteiger partial charge in [0.1, 0.15) is 5.60 Å². The summed E-state index contributed by atoms with van der Waals surface area (Å²) in [6.07, 6.45) is 1.91. The monoisotopic (exact) mass is 435 g/mol. The average Bonchev–Trinajstić information content (AvgIpc) is 3.38. The highest BCUT2D eigenvalue weighted by atomic mass is 32.2. The van der Waals surface area contributed by atoms with E-state index in [0.29, 0.717) is 6.42 Å². The van der Waals surface area contributed by atoms with Crippen LogP contribution in [0.2, 0.25) is 0 Å². The van der Waals surface area contributed by atoms with Gasteiger partial charge < -0.3 is 10.4 Å². The van der Waals surface area contributed by atoms with Crippen molar-refractivity contribution < 1.29 is 18.3 Å². The zero-order chi connectivity index (χ0) is 20.2. The minimum atomic E-state index is -3.22. The first kappa shape index (κ1) is 20.7. The van der Waals surface area contributed by atoms with Crippen molar-refractivity contribution in [2.45, 2.75) is 23.3 Å². The first-order valence-electron chi connectivity index (χ1n) is 8.64. The number of thiophene rings is 2. The lowest BCUT2D eigenvalue weighted by Crippen LogP contribution is -2.41. The zero-order valence-electron chi connectivity index (χ0n) is 15.3. The number of rotatable bonds is 8. The van der Waals surface area contributed by atoms with E-state index in [1.54, 1.807) is 24.3 Å². The third-order valence-electron chi connectivity index (χ3n) is 4.46. The van der Waals surface area contributed by atoms with Crippen LogP contribution in [0.5, 0.6) is 0 Å². The molecule has 1 amide bonds. The maximum atomic E-state index is 12.3. The quantitative estimate of drug-likeness (QED) is 0.569. The van der Waals surface area contributed by atoms with Crippen molar-refractivity contribution >= 4 is 38.4 Å². The van der Waals surface area contributed by atoms with Crippen molar-refractivity contribution in [2.75, 3.05) is 12.8 Å². The van der Waals surface area contributed by atoms with Gasteiger partial charge in [-0.05, 0) is 52.4 Å². The molecule has 0 fully saturated rings. The Labute approximate surface area is 172 Å². The van der Waals surface area contributed by atoms with Crippen LogP contribution in [0.1, 0.15) is 22.4 Å². The molecule has 1 aromatic carbocycles. The summed E-state index contributed by atoms with van der Waals surface area (Å²) in [5.74, 6) is -0.169. The molecular formula is C20H21NO4S3. The van der Waals surface area contributed by atoms with Gasteiger partial charge in [-0.2, -0.15) is 11.3 Å². The van der Waals surface area contributed by atoms with Crippen LogP contribution in [0.3, 0.4) is 0 Å². The van der Waals surface area contributed by atoms with Gasteiger partial charge in [0.25, 0.3) is 0 Å². The molecule has 3 rings (SSSR count). The summed E-state index contributed by atoms with van der Waals surface area (Å²) < 4.78 is 23.0. The Morgan fingerprint density at radius 2 is 1.89 bits per heavy atom. The molecule has 28 heavy (non-hydrogen) atoms. The number of benzene rings is 1. The predicted molar refractivity (Wildman–Crippen MR) is 113 cm³/mol. The molecule has 3 aromatic rings. The number of aryl methyl sites for hydroxylation is 1. The molecule has 2 aromatic heterocycles. The molecule has 5 nitrogen and oxygen atoms in total. The number of carbonyl (C=O) groups is 1. The summed E-state index contributed by atoms with van der Waals surface area (Å²) in [7, 11) is -3.22. The van der Waals surface area contributed by atoms with E-state index in [1.807, 2.05) is 34.3 Å². The number of aliphatic hydroxyl groups is 1. The molecule has 1 atom stereocenters. The summed E-state index contributed by atoms with van der Waals surface area (Å²) in [6, 6.07) is 12.1. The Bertz CT molecular complexity index is 974. The molecule has 0 saturated heterocycles. The Morgan fingerprint density at radius 1 is 1.14 bits per heavy atom. The molecule has 0 spiro atoms. The van der Waals surface area contributed by atoms with E-state index in [9.17, 15) is 18.3 Å². The van der Waals surface area contributed by atoms with Crippen molar-refractivity contribution in [2.24, 2.45) is 0 Å². The van der Waals surface area contributed by atoms with Crippen molar-refractivity contribution in [1.29, 1.82) is 0 Å². The second kappa shape index (κ2) is 8.57. The van der Waals surface area contributed by atoms with E-state index < -0.39 is 15.4 Å². The molecule has 0 aliphatic rings. The fourth-order valence-electron chi connectivity index (χ4n) is 2.82. The first-order chi connectivity index (χ1) is 13.3. The molecule has 148 valence electrons. The smallest absolute Gasteiger partial charge is 0.220 e. The van der Waals surface area contributed by atoms with E-state index >= 15 is 0 Å². The second-order valence-electron chi connectivity index (χ2n) is 6.54. The fourth-order valence-corrected chi connectivity index (χ4v) is 5.02. The number of carbonyl (C=O) groups excluding carboxylic acids is 1. The standard InChI is InChI=1S/C20H21NO4S3/c1-28(24,25)17-7-4-15(5-8-17)6-9-19(22)21-14-20(23,16-10-12-26-13-16)18-3-2-11-27-18/h2-5,7-8,10-13,23H,6,9,14H2,1H3,(H,21,22). The van der Waals surface area contributed by atoms with Crippen molar-refractivity contribution in [3.63, 3.8) is 0 Å². The molecule has 1 unspecified atom stereocenters. The lowest BCUT2D eigenvalue weighted by Gasteiger charge is -2.27. The third-order valence-corrected chi connectivity index (χ3v) is 7.29. The highest BCUT2D eigenvalue weighted by Crippen LogP contribution is 2.33. The van der Waals surface area contributed by atoms with Gasteiger partial charge in [0.05, 0.1) is 11.4 Å². The predicted octanol–water partition coefficient (Wildman–Crippen LogP) is 3.20. The molecule has 2 N–H and O–H groups in total. The molecule has 2 heterocycles. The van der Waals surface area contributed by atoms with Gasteiger partial charge in [0, 0.05) is 23.1 Å². The van der Waals surface area contributed by atoms with Crippen LogP contribution in [0.25, 0.3) is 0 Å². The average molecular weight is 436 g/mol. The summed E-state index contributed by atoms with van der Waals surface area (Å²) in [5.41, 5.74) is 0.395. The number of hydrogen-bond acceptors (Lipinski definition) is 6. The Morgan fingerprint density at radius 3 is 2.46 bits per heavy atom. The maximum Gasteiger partial charge on any atom is 0.220 e. The van der Waals surface area contributed by atoms with Crippen LogP contribution in [0.4, 0.5) is 0 Å². The Balaban J connectivity index is 1.60. The van der Waals surface area contributed by atoms with E-state index in [4.69, 9.17) is 0 Å². The fraction of sp³-hybridized carbons (Fsp3) is 0.250. The largest absolute Gasteiger partial charge is 0.378 e. The zero-order valence-corrected chi connectivity index (χ0v) is 17.7. The molecule has 8 heteroatoms. The van der Waals surface area contributed by atoms with Crippen LogP contribution in [-0.2, 0) is 26.7 Å². The van der Waals surface area contributed by atoms with Crippen LogP contribution >= 0.6 is 22.7 Å². The van der Waals surface area contributed by atoms with Crippen LogP contribution < -0.4 is 5.32 Å². The molecule has 0 aliphatic carbocycles. The summed E-state index contributed by atoms with van der Waals surface area (Å²) in [5, 5.41) is 19.7. The summed E-state index contributed by atoms with van der Waals surface area (Å²) >= 11 is 2.94. The Hall–Kier alpha value is -2.00. The van der Waals surface area contributed by atoms with Gasteiger partial charge >= 0.3 is 0 Å². The maximum absolute atomic E-state index is 12.3. The van der Waals surface area contributed by atoms with Crippen molar-refractivity contribution in [1.82, 2.24) is 5.32 Å². The highest BCUT2D eigenvalue weighted by Gasteiger charge is 2.33. The summed E-state index contributed by atoms with van der Waals surface area (Å²) in [6.45, 7) is 0.0933. The number of amides is 1. The van der Waals surface area contributed by atoms with E-state index in [1.165, 1.54) is 22.7 Å². The topological polar surface area (TPSA) is 83.5 Å². The minimum Gasteiger partial charge on any atom is -0.378 e. The van der Waals surface area contributed by atoms with Gasteiger partial charge in [0.2, 0.25) is 5.91 Å². The lowest BCUT2D eigenvalue weighted by atomic mass is 9.94. The third kappa shape index (κ3) is 4.88. The van der Waals surface area contributed by atoms with Gasteiger partial charge in [-0.3, -0.25) is 4.79 Å². The van der Waals surface area contributed by atoms with Crippen LogP contribution in [-0.4, -0.2) is 32.2 Å². The molecule has 0 radical (unpaired) electrons. The second-order valence-corrected chi connectivity index (χ2v) is 10.3. The van der Waals surface area contributed by atoms with Crippen LogP contribution in [0, 0.1) is 0 Å². The Kier molecular flexibility index (Phi) is 6.34.